The number of hydrogen-bond donors (Lipinski definition) is 1. The van der Waals surface area contributed by atoms with Gasteiger partial charge in [-0.3, -0.25) is 0 Å². The van der Waals surface area contributed by atoms with Gasteiger partial charge in [0.1, 0.15) is 5.01 Å². The molecule has 5 heteroatoms. The van der Waals surface area contributed by atoms with Gasteiger partial charge in [-0.2, -0.15) is 0 Å². The topological polar surface area (TPSA) is 24.9 Å². The molecule has 0 aliphatic rings. The third-order valence-electron chi connectivity index (χ3n) is 2.32. The van der Waals surface area contributed by atoms with Gasteiger partial charge >= 0.3 is 0 Å². The summed E-state index contributed by atoms with van der Waals surface area (Å²) in [6, 6.07) is 6.36. The van der Waals surface area contributed by atoms with Crippen LogP contribution in [0.4, 0.5) is 8.78 Å². The molecule has 0 unspecified atom stereocenters. The molecule has 2 aromatic rings. The average molecular weight is 254 g/mol. The Morgan fingerprint density at radius 3 is 2.53 bits per heavy atom. The van der Waals surface area contributed by atoms with Crippen molar-refractivity contribution in [3.05, 3.63) is 52.0 Å². The van der Waals surface area contributed by atoms with Gasteiger partial charge in [0, 0.05) is 30.2 Å². The van der Waals surface area contributed by atoms with Crippen LogP contribution in [0.3, 0.4) is 0 Å². The van der Waals surface area contributed by atoms with Gasteiger partial charge in [-0.05, 0) is 5.56 Å². The van der Waals surface area contributed by atoms with Crippen molar-refractivity contribution in [3.8, 4) is 0 Å². The van der Waals surface area contributed by atoms with Crippen molar-refractivity contribution in [2.75, 3.05) is 0 Å². The largest absolute Gasteiger partial charge is 0.306 e. The van der Waals surface area contributed by atoms with E-state index in [1.165, 1.54) is 12.1 Å². The summed E-state index contributed by atoms with van der Waals surface area (Å²) in [5.74, 6) is 0. The van der Waals surface area contributed by atoms with E-state index in [9.17, 15) is 8.78 Å². The van der Waals surface area contributed by atoms with E-state index < -0.39 is 6.43 Å². The van der Waals surface area contributed by atoms with Gasteiger partial charge in [-0.15, -0.1) is 11.3 Å². The molecule has 0 bridgehead atoms. The minimum absolute atomic E-state index is 0.0636. The molecule has 90 valence electrons. The van der Waals surface area contributed by atoms with E-state index in [0.717, 1.165) is 10.6 Å². The zero-order valence-electron chi connectivity index (χ0n) is 9.07. The Hall–Kier alpha value is -1.33. The molecule has 1 heterocycles. The van der Waals surface area contributed by atoms with Gasteiger partial charge in [0.05, 0.1) is 0 Å². The highest BCUT2D eigenvalue weighted by Crippen LogP contribution is 2.18. The second-order valence-electron chi connectivity index (χ2n) is 3.57. The second kappa shape index (κ2) is 5.84. The molecular weight excluding hydrogens is 242 g/mol. The molecule has 2 rings (SSSR count). The molecule has 0 aliphatic heterocycles. The van der Waals surface area contributed by atoms with Crippen LogP contribution in [-0.4, -0.2) is 4.98 Å². The third-order valence-corrected chi connectivity index (χ3v) is 3.10. The molecule has 17 heavy (non-hydrogen) atoms. The van der Waals surface area contributed by atoms with Gasteiger partial charge in [0.25, 0.3) is 6.43 Å². The lowest BCUT2D eigenvalue weighted by Gasteiger charge is -2.04. The fourth-order valence-corrected chi connectivity index (χ4v) is 2.02. The smallest absolute Gasteiger partial charge is 0.263 e. The van der Waals surface area contributed by atoms with Crippen LogP contribution in [-0.2, 0) is 13.1 Å². The summed E-state index contributed by atoms with van der Waals surface area (Å²) in [7, 11) is 0. The first-order valence-electron chi connectivity index (χ1n) is 5.22. The summed E-state index contributed by atoms with van der Waals surface area (Å²) in [5, 5.41) is 6.16. The predicted octanol–water partition coefficient (Wildman–Crippen LogP) is 3.37. The van der Waals surface area contributed by atoms with E-state index in [4.69, 9.17) is 0 Å². The van der Waals surface area contributed by atoms with Crippen LogP contribution in [0.5, 0.6) is 0 Å². The second-order valence-corrected chi connectivity index (χ2v) is 4.55. The van der Waals surface area contributed by atoms with Crippen molar-refractivity contribution in [2.45, 2.75) is 19.5 Å². The zero-order valence-corrected chi connectivity index (χ0v) is 9.88. The molecule has 0 saturated heterocycles. The molecule has 1 aromatic carbocycles. The number of alkyl halides is 2. The van der Waals surface area contributed by atoms with Crippen LogP contribution in [0.2, 0.25) is 0 Å². The lowest BCUT2D eigenvalue weighted by atomic mass is 10.1. The minimum Gasteiger partial charge on any atom is -0.306 e. The summed E-state index contributed by atoms with van der Waals surface area (Å²) in [5.41, 5.74) is 1.06. The minimum atomic E-state index is -2.40. The monoisotopic (exact) mass is 254 g/mol. The van der Waals surface area contributed by atoms with Crippen LogP contribution in [0, 0.1) is 0 Å². The fourth-order valence-electron chi connectivity index (χ4n) is 1.44. The molecule has 0 fully saturated rings. The molecule has 0 amide bonds. The fraction of sp³-hybridized carbons (Fsp3) is 0.250. The lowest BCUT2D eigenvalue weighted by Crippen LogP contribution is -2.12. The van der Waals surface area contributed by atoms with Crippen molar-refractivity contribution >= 4 is 11.3 Å². The number of rotatable bonds is 5. The van der Waals surface area contributed by atoms with Crippen molar-refractivity contribution in [3.63, 3.8) is 0 Å². The number of thiazole rings is 1. The van der Waals surface area contributed by atoms with Gasteiger partial charge in [0.15, 0.2) is 0 Å². The maximum atomic E-state index is 12.3. The Bertz CT molecular complexity index is 440. The van der Waals surface area contributed by atoms with Crippen molar-refractivity contribution in [1.82, 2.24) is 10.3 Å². The van der Waals surface area contributed by atoms with E-state index in [2.05, 4.69) is 10.3 Å². The SMILES string of the molecule is FC(F)c1ccc(CNCc2nccs2)cc1. The number of halogens is 2. The maximum absolute atomic E-state index is 12.3. The predicted molar refractivity (Wildman–Crippen MR) is 64.1 cm³/mol. The third kappa shape index (κ3) is 3.57. The Balaban J connectivity index is 1.83. The van der Waals surface area contributed by atoms with E-state index >= 15 is 0 Å². The standard InChI is InChI=1S/C12H12F2N2S/c13-12(14)10-3-1-9(2-4-10)7-15-8-11-16-5-6-17-11/h1-6,12,15H,7-8H2. The molecule has 1 N–H and O–H groups in total. The van der Waals surface area contributed by atoms with E-state index in [1.807, 2.05) is 5.38 Å². The van der Waals surface area contributed by atoms with Gasteiger partial charge in [-0.25, -0.2) is 13.8 Å². The lowest BCUT2D eigenvalue weighted by molar-refractivity contribution is 0.151. The zero-order chi connectivity index (χ0) is 12.1. The first-order chi connectivity index (χ1) is 8.25. The molecule has 0 saturated carbocycles. The molecule has 0 radical (unpaired) electrons. The Kier molecular flexibility index (Phi) is 4.17. The van der Waals surface area contributed by atoms with Crippen LogP contribution < -0.4 is 5.32 Å². The molecule has 0 atom stereocenters. The summed E-state index contributed by atoms with van der Waals surface area (Å²) < 4.78 is 24.6. The molecule has 1 aromatic heterocycles. The molecular formula is C12H12F2N2S. The molecule has 0 aliphatic carbocycles. The van der Waals surface area contributed by atoms with Crippen LogP contribution in [0.25, 0.3) is 0 Å². The normalized spacial score (nSPS) is 11.0. The first kappa shape index (κ1) is 12.1. The molecule has 0 spiro atoms. The Morgan fingerprint density at radius 2 is 1.94 bits per heavy atom. The van der Waals surface area contributed by atoms with Crippen LogP contribution >= 0.6 is 11.3 Å². The summed E-state index contributed by atoms with van der Waals surface area (Å²) >= 11 is 1.59. The number of benzene rings is 1. The van der Waals surface area contributed by atoms with E-state index in [-0.39, 0.29) is 5.56 Å². The highest BCUT2D eigenvalue weighted by atomic mass is 32.1. The van der Waals surface area contributed by atoms with Crippen molar-refractivity contribution in [2.24, 2.45) is 0 Å². The van der Waals surface area contributed by atoms with E-state index in [1.54, 1.807) is 29.7 Å². The van der Waals surface area contributed by atoms with Crippen LogP contribution in [0.1, 0.15) is 22.6 Å². The summed E-state index contributed by atoms with van der Waals surface area (Å²) in [4.78, 5) is 4.14. The van der Waals surface area contributed by atoms with Gasteiger partial charge < -0.3 is 5.32 Å². The van der Waals surface area contributed by atoms with E-state index in [0.29, 0.717) is 13.1 Å². The van der Waals surface area contributed by atoms with Crippen molar-refractivity contribution < 1.29 is 8.78 Å². The van der Waals surface area contributed by atoms with Crippen LogP contribution in [0.15, 0.2) is 35.8 Å². The number of aromatic nitrogens is 1. The van der Waals surface area contributed by atoms with Gasteiger partial charge in [0.2, 0.25) is 0 Å². The van der Waals surface area contributed by atoms with Gasteiger partial charge in [-0.1, -0.05) is 24.3 Å². The highest BCUT2D eigenvalue weighted by molar-refractivity contribution is 7.09. The summed E-state index contributed by atoms with van der Waals surface area (Å²) in [6.07, 6.45) is -0.633. The molecule has 2 nitrogen and oxygen atoms in total. The quantitative estimate of drug-likeness (QED) is 0.884. The van der Waals surface area contributed by atoms with Crippen molar-refractivity contribution in [1.29, 1.82) is 0 Å². The Labute approximate surface area is 102 Å². The Morgan fingerprint density at radius 1 is 1.18 bits per heavy atom. The average Bonchev–Trinajstić information content (AvgIpc) is 2.83. The summed E-state index contributed by atoms with van der Waals surface area (Å²) in [6.45, 7) is 1.36. The number of nitrogens with zero attached hydrogens (tertiary/aromatic N) is 1. The highest BCUT2D eigenvalue weighted by Gasteiger charge is 2.05. The number of nitrogens with one attached hydrogen (secondary N) is 1. The maximum Gasteiger partial charge on any atom is 0.263 e. The number of hydrogen-bond acceptors (Lipinski definition) is 3. The first-order valence-corrected chi connectivity index (χ1v) is 6.10.